The Morgan fingerprint density at radius 3 is 2.72 bits per heavy atom. The number of anilines is 1. The van der Waals surface area contributed by atoms with Gasteiger partial charge in [0.05, 0.1) is 15.7 Å². The summed E-state index contributed by atoms with van der Waals surface area (Å²) >= 11 is 11.1. The molecule has 0 bridgehead atoms. The molecular weight excluding hydrogens is 512 g/mol. The molecule has 1 aliphatic heterocycles. The van der Waals surface area contributed by atoms with Crippen molar-refractivity contribution in [2.45, 2.75) is 17.1 Å². The molecule has 0 spiro atoms. The highest BCUT2D eigenvalue weighted by Gasteiger charge is 2.37. The summed E-state index contributed by atoms with van der Waals surface area (Å²) in [5, 5.41) is 19.3. The molecule has 3 aromatic carbocycles. The van der Waals surface area contributed by atoms with E-state index in [1.54, 1.807) is 10.7 Å². The van der Waals surface area contributed by atoms with Gasteiger partial charge in [-0.15, -0.1) is 0 Å². The van der Waals surface area contributed by atoms with E-state index in [9.17, 15) is 9.90 Å². The second-order valence-corrected chi connectivity index (χ2v) is 9.46. The van der Waals surface area contributed by atoms with Crippen molar-refractivity contribution in [3.05, 3.63) is 97.7 Å². The maximum Gasteiger partial charge on any atom is 0.325 e. The topological polar surface area (TPSA) is 81.9 Å². The second kappa shape index (κ2) is 8.61. The summed E-state index contributed by atoms with van der Waals surface area (Å²) in [6.45, 7) is 0. The molecule has 3 N–H and O–H groups in total. The van der Waals surface area contributed by atoms with Crippen molar-refractivity contribution in [1.29, 1.82) is 0 Å². The Balaban J connectivity index is 1.60. The molecule has 0 aliphatic carbocycles. The van der Waals surface area contributed by atoms with E-state index in [0.29, 0.717) is 26.1 Å². The normalized spacial score (nSPS) is 14.4. The number of nitrogens with zero attached hydrogens (tertiary/aromatic N) is 2. The number of phenols is 1. The number of hydrogen-bond donors (Lipinski definition) is 3. The fraction of sp³-hybridized carbons (Fsp3) is 0.0870. The molecule has 6 nitrogen and oxygen atoms in total. The van der Waals surface area contributed by atoms with Gasteiger partial charge in [0.2, 0.25) is 5.16 Å². The first-order valence-corrected chi connectivity index (χ1v) is 11.9. The second-order valence-electron chi connectivity index (χ2n) is 7.24. The Hall–Kier alpha value is -2.81. The minimum Gasteiger partial charge on any atom is -0.507 e. The van der Waals surface area contributed by atoms with Gasteiger partial charge in [-0.05, 0) is 62.6 Å². The summed E-state index contributed by atoms with van der Waals surface area (Å²) < 4.78 is 2.27. The number of fused-ring (bicyclic) bond motifs is 3. The zero-order valence-electron chi connectivity index (χ0n) is 16.5. The minimum absolute atomic E-state index is 0.144. The number of benzene rings is 3. The fourth-order valence-electron chi connectivity index (χ4n) is 3.63. The van der Waals surface area contributed by atoms with Gasteiger partial charge in [-0.25, -0.2) is 0 Å². The van der Waals surface area contributed by atoms with Crippen LogP contribution < -0.4 is 15.6 Å². The van der Waals surface area contributed by atoms with Gasteiger partial charge in [-0.3, -0.25) is 9.78 Å². The van der Waals surface area contributed by atoms with E-state index in [0.717, 1.165) is 22.4 Å². The third-order valence-corrected chi connectivity index (χ3v) is 7.11. The molecule has 2 heterocycles. The third-order valence-electron chi connectivity index (χ3n) is 5.19. The van der Waals surface area contributed by atoms with E-state index in [1.807, 2.05) is 60.7 Å². The number of para-hydroxylation sites is 1. The number of hydrogen-bond acceptors (Lipinski definition) is 5. The molecule has 5 rings (SSSR count). The molecular formula is C23H17BrClN4O2S+. The van der Waals surface area contributed by atoms with Crippen molar-refractivity contribution in [2.75, 3.05) is 5.32 Å². The van der Waals surface area contributed by atoms with Crippen molar-refractivity contribution in [2.24, 2.45) is 0 Å². The van der Waals surface area contributed by atoms with Crippen molar-refractivity contribution in [3.63, 3.8) is 0 Å². The van der Waals surface area contributed by atoms with Crippen LogP contribution in [0, 0.1) is 0 Å². The quantitative estimate of drug-likeness (QED) is 0.253. The van der Waals surface area contributed by atoms with Crippen LogP contribution in [0.1, 0.15) is 17.3 Å². The van der Waals surface area contributed by atoms with Crippen LogP contribution >= 0.6 is 39.3 Å². The van der Waals surface area contributed by atoms with Gasteiger partial charge in [0.1, 0.15) is 5.75 Å². The van der Waals surface area contributed by atoms with Crippen LogP contribution in [0.15, 0.2) is 81.2 Å². The SMILES string of the molecule is O=c1[nH]c(SCc2ccccc2Cl)n[n+]2c1-c1ccccc1N[C@@H]2c1ccc(O)c(Br)c1. The zero-order valence-corrected chi connectivity index (χ0v) is 19.7. The number of nitrogens with one attached hydrogen (secondary N) is 2. The van der Waals surface area contributed by atoms with Gasteiger partial charge in [0, 0.05) is 21.4 Å². The van der Waals surface area contributed by atoms with Crippen LogP contribution in [0.4, 0.5) is 5.69 Å². The number of H-pyrrole nitrogens is 1. The monoisotopic (exact) mass is 527 g/mol. The Morgan fingerprint density at radius 2 is 1.91 bits per heavy atom. The summed E-state index contributed by atoms with van der Waals surface area (Å²) in [5.41, 5.74) is 3.67. The summed E-state index contributed by atoms with van der Waals surface area (Å²) in [5.74, 6) is 0.714. The highest BCUT2D eigenvalue weighted by Crippen LogP contribution is 2.34. The number of phenolic OH excluding ortho intramolecular Hbond substituents is 1. The molecule has 160 valence electrons. The Bertz CT molecular complexity index is 1390. The van der Waals surface area contributed by atoms with Crippen molar-refractivity contribution < 1.29 is 9.79 Å². The summed E-state index contributed by atoms with van der Waals surface area (Å²) in [6, 6.07) is 20.5. The summed E-state index contributed by atoms with van der Waals surface area (Å²) in [4.78, 5) is 16.1. The number of aromatic amines is 1. The van der Waals surface area contributed by atoms with Gasteiger partial charge < -0.3 is 10.4 Å². The number of halogens is 2. The average molecular weight is 529 g/mol. The molecule has 0 radical (unpaired) electrons. The number of aromatic hydroxyl groups is 1. The van der Waals surface area contributed by atoms with Crippen LogP contribution in [0.5, 0.6) is 5.75 Å². The van der Waals surface area contributed by atoms with Gasteiger partial charge in [-0.1, -0.05) is 53.7 Å². The van der Waals surface area contributed by atoms with E-state index in [1.165, 1.54) is 11.8 Å². The minimum atomic E-state index is -0.432. The molecule has 32 heavy (non-hydrogen) atoms. The molecule has 0 saturated carbocycles. The lowest BCUT2D eigenvalue weighted by atomic mass is 10.0. The van der Waals surface area contributed by atoms with Crippen molar-refractivity contribution >= 4 is 45.0 Å². The molecule has 1 aromatic heterocycles. The van der Waals surface area contributed by atoms with E-state index >= 15 is 0 Å². The number of rotatable bonds is 4. The van der Waals surface area contributed by atoms with Gasteiger partial charge >= 0.3 is 11.3 Å². The summed E-state index contributed by atoms with van der Waals surface area (Å²) in [7, 11) is 0. The van der Waals surface area contributed by atoms with Crippen LogP contribution in [0.25, 0.3) is 11.3 Å². The lowest BCUT2D eigenvalue weighted by Crippen LogP contribution is -2.55. The Labute approximate surface area is 201 Å². The maximum atomic E-state index is 13.2. The first-order chi connectivity index (χ1) is 15.5. The highest BCUT2D eigenvalue weighted by atomic mass is 79.9. The molecule has 0 fully saturated rings. The third kappa shape index (κ3) is 3.90. The maximum absolute atomic E-state index is 13.2. The highest BCUT2D eigenvalue weighted by molar-refractivity contribution is 9.10. The van der Waals surface area contributed by atoms with Gasteiger partial charge in [0.15, 0.2) is 0 Å². The first kappa shape index (κ1) is 21.1. The molecule has 4 aromatic rings. The molecule has 0 amide bonds. The van der Waals surface area contributed by atoms with Crippen molar-refractivity contribution in [3.8, 4) is 17.0 Å². The number of thioether (sulfide) groups is 1. The molecule has 0 saturated heterocycles. The van der Waals surface area contributed by atoms with E-state index in [2.05, 4.69) is 26.2 Å². The van der Waals surface area contributed by atoms with Crippen LogP contribution in [-0.4, -0.2) is 15.2 Å². The lowest BCUT2D eigenvalue weighted by molar-refractivity contribution is -0.759. The summed E-state index contributed by atoms with van der Waals surface area (Å²) in [6.07, 6.45) is -0.432. The number of aromatic nitrogens is 3. The molecule has 1 atom stereocenters. The van der Waals surface area contributed by atoms with Crippen molar-refractivity contribution in [1.82, 2.24) is 10.1 Å². The lowest BCUT2D eigenvalue weighted by Gasteiger charge is -2.22. The standard InChI is InChI=1S/C23H16BrClN4O2S/c24-16-11-13(9-10-19(16)30)21-26-18-8-4-2-6-15(18)20-22(31)27-23(28-29(20)21)32-12-14-5-1-3-7-17(14)25/h1-11,21H,12H2,(H2,27,28,30,31)/p+1/t21-/m0/s1. The fourth-order valence-corrected chi connectivity index (χ4v) is 5.17. The Kier molecular flexibility index (Phi) is 5.67. The Morgan fingerprint density at radius 1 is 1.12 bits per heavy atom. The van der Waals surface area contributed by atoms with Crippen LogP contribution in [0.2, 0.25) is 5.02 Å². The zero-order chi connectivity index (χ0) is 22.2. The van der Waals surface area contributed by atoms with E-state index in [4.69, 9.17) is 16.7 Å². The average Bonchev–Trinajstić information content (AvgIpc) is 2.79. The van der Waals surface area contributed by atoms with Crippen LogP contribution in [-0.2, 0) is 5.75 Å². The van der Waals surface area contributed by atoms with Gasteiger partial charge in [0.25, 0.3) is 6.17 Å². The molecule has 9 heteroatoms. The van der Waals surface area contributed by atoms with E-state index < -0.39 is 6.17 Å². The van der Waals surface area contributed by atoms with Gasteiger partial charge in [-0.2, -0.15) is 0 Å². The molecule has 1 aliphatic rings. The smallest absolute Gasteiger partial charge is 0.325 e. The predicted octanol–water partition coefficient (Wildman–Crippen LogP) is 5.11. The van der Waals surface area contributed by atoms with Crippen LogP contribution in [0.3, 0.4) is 0 Å². The first-order valence-electron chi connectivity index (χ1n) is 9.78. The largest absolute Gasteiger partial charge is 0.507 e. The molecule has 0 unspecified atom stereocenters. The predicted molar refractivity (Wildman–Crippen MR) is 129 cm³/mol. The van der Waals surface area contributed by atoms with E-state index in [-0.39, 0.29) is 11.3 Å².